The molecule has 124 valence electrons. The van der Waals surface area contributed by atoms with E-state index >= 15 is 0 Å². The van der Waals surface area contributed by atoms with Gasteiger partial charge in [-0.25, -0.2) is 8.42 Å². The fraction of sp³-hybridized carbons (Fsp3) is 0.400. The second-order valence-corrected chi connectivity index (χ2v) is 7.86. The summed E-state index contributed by atoms with van der Waals surface area (Å²) in [6, 6.07) is 8.44. The SMILES string of the molecule is Cc1cc(CN2CCN(S(=O)(=O)c3ccccc3Cl)CC2)on1. The highest BCUT2D eigenvalue weighted by molar-refractivity contribution is 7.89. The molecule has 1 fully saturated rings. The van der Waals surface area contributed by atoms with Crippen molar-refractivity contribution in [2.45, 2.75) is 18.4 Å². The summed E-state index contributed by atoms with van der Waals surface area (Å²) >= 11 is 6.03. The second kappa shape index (κ2) is 6.60. The van der Waals surface area contributed by atoms with Gasteiger partial charge in [-0.05, 0) is 19.1 Å². The van der Waals surface area contributed by atoms with Crippen LogP contribution in [-0.2, 0) is 16.6 Å². The Hall–Kier alpha value is -1.41. The van der Waals surface area contributed by atoms with Crippen molar-refractivity contribution in [2.75, 3.05) is 26.2 Å². The first-order chi connectivity index (χ1) is 11.0. The molecule has 0 unspecified atom stereocenters. The Morgan fingerprint density at radius 2 is 1.91 bits per heavy atom. The molecule has 1 aliphatic heterocycles. The first kappa shape index (κ1) is 16.4. The van der Waals surface area contributed by atoms with Crippen LogP contribution in [0.2, 0.25) is 5.02 Å². The summed E-state index contributed by atoms with van der Waals surface area (Å²) in [4.78, 5) is 2.32. The molecule has 1 aromatic carbocycles. The molecule has 0 spiro atoms. The lowest BCUT2D eigenvalue weighted by Gasteiger charge is -2.33. The van der Waals surface area contributed by atoms with E-state index in [-0.39, 0.29) is 9.92 Å². The van der Waals surface area contributed by atoms with E-state index in [9.17, 15) is 8.42 Å². The average molecular weight is 356 g/mol. The summed E-state index contributed by atoms with van der Waals surface area (Å²) in [6.45, 7) is 4.66. The van der Waals surface area contributed by atoms with E-state index in [4.69, 9.17) is 16.1 Å². The van der Waals surface area contributed by atoms with E-state index in [0.29, 0.717) is 32.7 Å². The number of rotatable bonds is 4. The minimum absolute atomic E-state index is 0.168. The first-order valence-corrected chi connectivity index (χ1v) is 9.18. The normalized spacial score (nSPS) is 17.5. The number of hydrogen-bond acceptors (Lipinski definition) is 5. The van der Waals surface area contributed by atoms with Gasteiger partial charge in [-0.15, -0.1) is 0 Å². The van der Waals surface area contributed by atoms with Crippen LogP contribution in [0.5, 0.6) is 0 Å². The lowest BCUT2D eigenvalue weighted by Crippen LogP contribution is -2.48. The molecule has 1 aromatic heterocycles. The van der Waals surface area contributed by atoms with Crippen molar-refractivity contribution in [3.8, 4) is 0 Å². The maximum absolute atomic E-state index is 12.7. The van der Waals surface area contributed by atoms with Crippen molar-refractivity contribution >= 4 is 21.6 Å². The van der Waals surface area contributed by atoms with Gasteiger partial charge in [0.1, 0.15) is 4.90 Å². The van der Waals surface area contributed by atoms with E-state index in [0.717, 1.165) is 11.5 Å². The van der Waals surface area contributed by atoms with E-state index in [2.05, 4.69) is 10.1 Å². The molecule has 0 atom stereocenters. The van der Waals surface area contributed by atoms with Crippen molar-refractivity contribution in [3.05, 3.63) is 46.8 Å². The third kappa shape index (κ3) is 3.58. The Labute approximate surface area is 140 Å². The minimum atomic E-state index is -3.55. The summed E-state index contributed by atoms with van der Waals surface area (Å²) < 4.78 is 32.0. The molecular weight excluding hydrogens is 338 g/mol. The number of aromatic nitrogens is 1. The van der Waals surface area contributed by atoms with Crippen molar-refractivity contribution in [1.82, 2.24) is 14.4 Å². The number of benzene rings is 1. The lowest BCUT2D eigenvalue weighted by molar-refractivity contribution is 0.166. The zero-order chi connectivity index (χ0) is 16.4. The van der Waals surface area contributed by atoms with Gasteiger partial charge < -0.3 is 4.52 Å². The van der Waals surface area contributed by atoms with Crippen LogP contribution >= 0.6 is 11.6 Å². The quantitative estimate of drug-likeness (QED) is 0.840. The first-order valence-electron chi connectivity index (χ1n) is 7.36. The molecule has 0 radical (unpaired) electrons. The van der Waals surface area contributed by atoms with Crippen LogP contribution in [0.3, 0.4) is 0 Å². The van der Waals surface area contributed by atoms with Gasteiger partial charge in [0.2, 0.25) is 10.0 Å². The van der Waals surface area contributed by atoms with E-state index in [1.54, 1.807) is 24.3 Å². The third-order valence-corrected chi connectivity index (χ3v) is 6.24. The third-order valence-electron chi connectivity index (χ3n) is 3.84. The van der Waals surface area contributed by atoms with Crippen LogP contribution in [0.1, 0.15) is 11.5 Å². The van der Waals surface area contributed by atoms with E-state index < -0.39 is 10.0 Å². The number of hydrogen-bond donors (Lipinski definition) is 0. The van der Waals surface area contributed by atoms with Gasteiger partial charge in [0, 0.05) is 32.2 Å². The fourth-order valence-electron chi connectivity index (χ4n) is 2.63. The van der Waals surface area contributed by atoms with Crippen LogP contribution in [-0.4, -0.2) is 49.0 Å². The Kier molecular flexibility index (Phi) is 4.72. The molecule has 0 bridgehead atoms. The standard InChI is InChI=1S/C15H18ClN3O3S/c1-12-10-13(22-17-12)11-18-6-8-19(9-7-18)23(20,21)15-5-3-2-4-14(15)16/h2-5,10H,6-9,11H2,1H3. The number of aryl methyl sites for hydroxylation is 1. The molecule has 2 heterocycles. The molecule has 8 heteroatoms. The fourth-order valence-corrected chi connectivity index (χ4v) is 4.55. The van der Waals surface area contributed by atoms with Gasteiger partial charge in [0.05, 0.1) is 17.3 Å². The van der Waals surface area contributed by atoms with Gasteiger partial charge in [0.15, 0.2) is 5.76 Å². The maximum Gasteiger partial charge on any atom is 0.244 e. The van der Waals surface area contributed by atoms with Crippen LogP contribution in [0, 0.1) is 6.92 Å². The molecule has 1 saturated heterocycles. The summed E-state index contributed by atoms with van der Waals surface area (Å²) in [7, 11) is -3.55. The van der Waals surface area contributed by atoms with Gasteiger partial charge in [-0.2, -0.15) is 4.31 Å². The molecule has 0 N–H and O–H groups in total. The predicted octanol–water partition coefficient (Wildman–Crippen LogP) is 2.14. The lowest BCUT2D eigenvalue weighted by atomic mass is 10.3. The minimum Gasteiger partial charge on any atom is -0.360 e. The second-order valence-electron chi connectivity index (χ2n) is 5.55. The highest BCUT2D eigenvalue weighted by Gasteiger charge is 2.30. The monoisotopic (exact) mass is 355 g/mol. The Bertz CT molecular complexity index is 783. The largest absolute Gasteiger partial charge is 0.360 e. The highest BCUT2D eigenvalue weighted by atomic mass is 35.5. The van der Waals surface area contributed by atoms with Crippen molar-refractivity contribution in [3.63, 3.8) is 0 Å². The van der Waals surface area contributed by atoms with E-state index in [1.165, 1.54) is 4.31 Å². The van der Waals surface area contributed by atoms with E-state index in [1.807, 2.05) is 13.0 Å². The summed E-state index contributed by atoms with van der Waals surface area (Å²) in [5.41, 5.74) is 0.847. The molecule has 0 aliphatic carbocycles. The molecule has 23 heavy (non-hydrogen) atoms. The topological polar surface area (TPSA) is 66.7 Å². The van der Waals surface area contributed by atoms with Gasteiger partial charge in [-0.1, -0.05) is 28.9 Å². The predicted molar refractivity (Wildman–Crippen MR) is 86.7 cm³/mol. The zero-order valence-corrected chi connectivity index (χ0v) is 14.3. The number of piperazine rings is 1. The van der Waals surface area contributed by atoms with Crippen molar-refractivity contribution in [2.24, 2.45) is 0 Å². The van der Waals surface area contributed by atoms with Crippen LogP contribution in [0.25, 0.3) is 0 Å². The number of sulfonamides is 1. The van der Waals surface area contributed by atoms with Crippen LogP contribution in [0.15, 0.2) is 39.8 Å². The highest BCUT2D eigenvalue weighted by Crippen LogP contribution is 2.25. The van der Waals surface area contributed by atoms with Gasteiger partial charge in [-0.3, -0.25) is 4.90 Å². The smallest absolute Gasteiger partial charge is 0.244 e. The Morgan fingerprint density at radius 3 is 2.52 bits per heavy atom. The summed E-state index contributed by atoms with van der Waals surface area (Å²) in [5, 5.41) is 4.12. The van der Waals surface area contributed by atoms with Gasteiger partial charge >= 0.3 is 0 Å². The van der Waals surface area contributed by atoms with Crippen molar-refractivity contribution in [1.29, 1.82) is 0 Å². The zero-order valence-electron chi connectivity index (χ0n) is 12.8. The summed E-state index contributed by atoms with van der Waals surface area (Å²) in [6.07, 6.45) is 0. The molecule has 6 nitrogen and oxygen atoms in total. The van der Waals surface area contributed by atoms with Crippen molar-refractivity contribution < 1.29 is 12.9 Å². The Morgan fingerprint density at radius 1 is 1.22 bits per heavy atom. The maximum atomic E-state index is 12.7. The molecular formula is C15H18ClN3O3S. The molecule has 3 rings (SSSR count). The Balaban J connectivity index is 1.65. The molecule has 2 aromatic rings. The number of halogens is 1. The van der Waals surface area contributed by atoms with Crippen LogP contribution in [0.4, 0.5) is 0 Å². The van der Waals surface area contributed by atoms with Crippen LogP contribution < -0.4 is 0 Å². The van der Waals surface area contributed by atoms with Gasteiger partial charge in [0.25, 0.3) is 0 Å². The molecule has 1 aliphatic rings. The molecule has 0 saturated carbocycles. The summed E-state index contributed by atoms with van der Waals surface area (Å²) in [5.74, 6) is 0.796. The number of nitrogens with zero attached hydrogens (tertiary/aromatic N) is 3. The average Bonchev–Trinajstić information content (AvgIpc) is 2.93. The molecule has 0 amide bonds.